The second-order valence-electron chi connectivity index (χ2n) is 6.63. The number of piperidine rings is 1. The molecule has 5 heteroatoms. The van der Waals surface area contributed by atoms with Crippen molar-refractivity contribution in [3.05, 3.63) is 54.1 Å². The molecule has 0 aliphatic carbocycles. The molecule has 2 aromatic carbocycles. The van der Waals surface area contributed by atoms with Crippen molar-refractivity contribution in [3.63, 3.8) is 0 Å². The Bertz CT molecular complexity index is 768. The lowest BCUT2D eigenvalue weighted by atomic mass is 10.0. The minimum atomic E-state index is -0.500. The highest BCUT2D eigenvalue weighted by Crippen LogP contribution is 2.22. The smallest absolute Gasteiger partial charge is 0.338 e. The maximum absolute atomic E-state index is 12.2. The maximum Gasteiger partial charge on any atom is 0.338 e. The molecule has 0 unspecified atom stereocenters. The fourth-order valence-electron chi connectivity index (χ4n) is 3.21. The van der Waals surface area contributed by atoms with E-state index < -0.39 is 5.97 Å². The minimum Gasteiger partial charge on any atom is -0.508 e. The van der Waals surface area contributed by atoms with Crippen LogP contribution < -0.4 is 0 Å². The summed E-state index contributed by atoms with van der Waals surface area (Å²) in [6.07, 6.45) is 3.14. The molecule has 1 heterocycles. The Morgan fingerprint density at radius 2 is 1.65 bits per heavy atom. The lowest BCUT2D eigenvalue weighted by molar-refractivity contribution is -0.137. The molecule has 1 fully saturated rings. The average Bonchev–Trinajstić information content (AvgIpc) is 2.67. The van der Waals surface area contributed by atoms with Crippen molar-refractivity contribution in [1.82, 2.24) is 4.90 Å². The third-order valence-electron chi connectivity index (χ3n) is 4.77. The number of carbonyl (C=O) groups excluding carboxylic acids is 2. The largest absolute Gasteiger partial charge is 0.508 e. The molecule has 5 nitrogen and oxygen atoms in total. The van der Waals surface area contributed by atoms with Crippen LogP contribution in [0.1, 0.15) is 36.5 Å². The van der Waals surface area contributed by atoms with Crippen molar-refractivity contribution < 1.29 is 19.4 Å². The van der Waals surface area contributed by atoms with E-state index in [1.54, 1.807) is 41.3 Å². The van der Waals surface area contributed by atoms with Crippen molar-refractivity contribution in [1.29, 1.82) is 0 Å². The number of carbonyl (C=O) groups is 2. The first-order valence-corrected chi connectivity index (χ1v) is 8.90. The second kappa shape index (κ2) is 8.04. The van der Waals surface area contributed by atoms with E-state index in [0.29, 0.717) is 5.56 Å². The number of nitrogens with zero attached hydrogens (tertiary/aromatic N) is 1. The Kier molecular flexibility index (Phi) is 5.56. The van der Waals surface area contributed by atoms with Crippen LogP contribution in [0.4, 0.5) is 0 Å². The van der Waals surface area contributed by atoms with Crippen molar-refractivity contribution >= 4 is 11.9 Å². The first-order chi connectivity index (χ1) is 12.5. The molecule has 0 aromatic heterocycles. The molecule has 0 radical (unpaired) electrons. The molecule has 0 bridgehead atoms. The monoisotopic (exact) mass is 353 g/mol. The van der Waals surface area contributed by atoms with E-state index in [-0.39, 0.29) is 24.3 Å². The highest BCUT2D eigenvalue weighted by Gasteiger charge is 2.24. The third-order valence-corrected chi connectivity index (χ3v) is 4.77. The predicted molar refractivity (Wildman–Crippen MR) is 98.9 cm³/mol. The molecule has 3 rings (SSSR count). The Hall–Kier alpha value is -2.82. The van der Waals surface area contributed by atoms with E-state index >= 15 is 0 Å². The molecule has 2 aromatic rings. The molecule has 1 N–H and O–H groups in total. The molecule has 1 atom stereocenters. The summed E-state index contributed by atoms with van der Waals surface area (Å²) in [5.41, 5.74) is 2.28. The van der Waals surface area contributed by atoms with Crippen molar-refractivity contribution in [2.75, 3.05) is 13.2 Å². The van der Waals surface area contributed by atoms with Crippen LogP contribution in [0.2, 0.25) is 0 Å². The van der Waals surface area contributed by atoms with Crippen LogP contribution in [0.15, 0.2) is 48.5 Å². The number of phenols is 1. The van der Waals surface area contributed by atoms with E-state index in [1.807, 2.05) is 19.1 Å². The van der Waals surface area contributed by atoms with Gasteiger partial charge in [-0.2, -0.15) is 0 Å². The van der Waals surface area contributed by atoms with Gasteiger partial charge in [-0.15, -0.1) is 0 Å². The summed E-state index contributed by atoms with van der Waals surface area (Å²) in [7, 11) is 0. The third kappa shape index (κ3) is 4.23. The molecule has 1 amide bonds. The second-order valence-corrected chi connectivity index (χ2v) is 6.63. The summed E-state index contributed by atoms with van der Waals surface area (Å²) >= 11 is 0. The molecular weight excluding hydrogens is 330 g/mol. The van der Waals surface area contributed by atoms with Crippen LogP contribution in [0.3, 0.4) is 0 Å². The molecule has 136 valence electrons. The van der Waals surface area contributed by atoms with Gasteiger partial charge < -0.3 is 14.7 Å². The van der Waals surface area contributed by atoms with Gasteiger partial charge in [0, 0.05) is 12.6 Å². The van der Waals surface area contributed by atoms with Gasteiger partial charge in [-0.25, -0.2) is 4.79 Å². The molecule has 1 aliphatic heterocycles. The van der Waals surface area contributed by atoms with Gasteiger partial charge in [-0.1, -0.05) is 24.3 Å². The molecule has 1 aliphatic rings. The van der Waals surface area contributed by atoms with Crippen LogP contribution in [-0.4, -0.2) is 41.1 Å². The van der Waals surface area contributed by atoms with E-state index in [2.05, 4.69) is 0 Å². The van der Waals surface area contributed by atoms with Crippen LogP contribution in [0.25, 0.3) is 11.1 Å². The zero-order chi connectivity index (χ0) is 18.5. The summed E-state index contributed by atoms with van der Waals surface area (Å²) in [5, 5.41) is 9.34. The molecule has 0 spiro atoms. The minimum absolute atomic E-state index is 0.133. The van der Waals surface area contributed by atoms with Gasteiger partial charge in [0.15, 0.2) is 6.61 Å². The molecule has 26 heavy (non-hydrogen) atoms. The normalized spacial score (nSPS) is 17.0. The number of likely N-dealkylation sites (tertiary alicyclic amines) is 1. The quantitative estimate of drug-likeness (QED) is 0.853. The number of hydrogen-bond acceptors (Lipinski definition) is 4. The fourth-order valence-corrected chi connectivity index (χ4v) is 3.21. The van der Waals surface area contributed by atoms with Crippen molar-refractivity contribution in [3.8, 4) is 16.9 Å². The number of hydrogen-bond donors (Lipinski definition) is 1. The fraction of sp³-hybridized carbons (Fsp3) is 0.333. The number of amides is 1. The van der Waals surface area contributed by atoms with Crippen LogP contribution in [-0.2, 0) is 9.53 Å². The van der Waals surface area contributed by atoms with Gasteiger partial charge in [0.1, 0.15) is 5.75 Å². The summed E-state index contributed by atoms with van der Waals surface area (Å²) in [6, 6.07) is 14.0. The van der Waals surface area contributed by atoms with Crippen LogP contribution >= 0.6 is 0 Å². The zero-order valence-corrected chi connectivity index (χ0v) is 14.9. The Morgan fingerprint density at radius 1 is 1.04 bits per heavy atom. The van der Waals surface area contributed by atoms with Crippen molar-refractivity contribution in [2.45, 2.75) is 32.2 Å². The van der Waals surface area contributed by atoms with Gasteiger partial charge >= 0.3 is 5.97 Å². The zero-order valence-electron chi connectivity index (χ0n) is 14.9. The summed E-state index contributed by atoms with van der Waals surface area (Å²) in [6.45, 7) is 2.54. The van der Waals surface area contributed by atoms with Crippen LogP contribution in [0.5, 0.6) is 5.75 Å². The highest BCUT2D eigenvalue weighted by atomic mass is 16.5. The lowest BCUT2D eigenvalue weighted by Gasteiger charge is -2.33. The number of ether oxygens (including phenoxy) is 1. The summed E-state index contributed by atoms with van der Waals surface area (Å²) in [5.74, 6) is -0.423. The lowest BCUT2D eigenvalue weighted by Crippen LogP contribution is -2.44. The van der Waals surface area contributed by atoms with E-state index in [4.69, 9.17) is 4.74 Å². The Labute approximate surface area is 153 Å². The summed E-state index contributed by atoms with van der Waals surface area (Å²) < 4.78 is 5.19. The van der Waals surface area contributed by atoms with Gasteiger partial charge in [0.25, 0.3) is 5.91 Å². The predicted octanol–water partition coefficient (Wildman–Crippen LogP) is 3.62. The first-order valence-electron chi connectivity index (χ1n) is 8.90. The molecule has 0 saturated carbocycles. The topological polar surface area (TPSA) is 66.8 Å². The van der Waals surface area contributed by atoms with E-state index in [1.165, 1.54) is 0 Å². The van der Waals surface area contributed by atoms with Crippen molar-refractivity contribution in [2.24, 2.45) is 0 Å². The first kappa shape index (κ1) is 18.0. The van der Waals surface area contributed by atoms with E-state index in [9.17, 15) is 14.7 Å². The average molecular weight is 353 g/mol. The summed E-state index contributed by atoms with van der Waals surface area (Å²) in [4.78, 5) is 26.2. The van der Waals surface area contributed by atoms with Gasteiger partial charge in [-0.3, -0.25) is 4.79 Å². The van der Waals surface area contributed by atoms with Gasteiger partial charge in [0.2, 0.25) is 0 Å². The maximum atomic E-state index is 12.2. The van der Waals surface area contributed by atoms with Gasteiger partial charge in [0.05, 0.1) is 5.56 Å². The number of esters is 1. The molecular formula is C21H23NO4. The SMILES string of the molecule is C[C@@H]1CCCCN1C(=O)COC(=O)c1ccc(-c2ccc(O)cc2)cc1. The highest BCUT2D eigenvalue weighted by molar-refractivity contribution is 5.92. The molecule has 1 saturated heterocycles. The number of benzene rings is 2. The standard InChI is InChI=1S/C21H23NO4/c1-15-4-2-3-13-22(15)20(24)14-26-21(25)18-7-5-16(6-8-18)17-9-11-19(23)12-10-17/h5-12,15,23H,2-4,13-14H2,1H3/t15-/m1/s1. The number of phenolic OH excluding ortho intramolecular Hbond substituents is 1. The van der Waals surface area contributed by atoms with Crippen LogP contribution in [0, 0.1) is 0 Å². The number of aromatic hydroxyl groups is 1. The Morgan fingerprint density at radius 3 is 2.27 bits per heavy atom. The van der Waals surface area contributed by atoms with E-state index in [0.717, 1.165) is 36.9 Å². The Balaban J connectivity index is 1.58. The number of rotatable bonds is 4. The van der Waals surface area contributed by atoms with Gasteiger partial charge in [-0.05, 0) is 61.6 Å².